The van der Waals surface area contributed by atoms with Crippen LogP contribution in [-0.2, 0) is 0 Å². The molecule has 12 heteroatoms. The number of pyridine rings is 1. The molecule has 4 atom stereocenters. The van der Waals surface area contributed by atoms with Gasteiger partial charge in [0, 0.05) is 48.1 Å². The molecular formula is C36H35F3N6O3. The first-order chi connectivity index (χ1) is 23.3. The Morgan fingerprint density at radius 2 is 1.98 bits per heavy atom. The molecule has 2 N–H and O–H groups in total. The first-order valence-electron chi connectivity index (χ1n) is 16.8. The molecule has 2 aromatic carbocycles. The number of likely N-dealkylation sites (tertiary alicyclic amines) is 1. The van der Waals surface area contributed by atoms with E-state index in [0.717, 1.165) is 45.1 Å². The van der Waals surface area contributed by atoms with Crippen molar-refractivity contribution >= 4 is 27.5 Å². The van der Waals surface area contributed by atoms with E-state index in [4.69, 9.17) is 20.9 Å². The van der Waals surface area contributed by atoms with Gasteiger partial charge in [0.1, 0.15) is 40.6 Å². The van der Waals surface area contributed by atoms with Gasteiger partial charge < -0.3 is 24.8 Å². The van der Waals surface area contributed by atoms with Gasteiger partial charge in [-0.2, -0.15) is 9.97 Å². The van der Waals surface area contributed by atoms with Crippen molar-refractivity contribution in [2.24, 2.45) is 5.41 Å². The fraction of sp³-hybridized carbons (Fsp3) is 0.472. The number of phenols is 1. The molecule has 3 saturated heterocycles. The van der Waals surface area contributed by atoms with Crippen molar-refractivity contribution in [2.75, 3.05) is 37.7 Å². The minimum Gasteiger partial charge on any atom is -0.508 e. The van der Waals surface area contributed by atoms with Gasteiger partial charge in [-0.05, 0) is 68.5 Å². The topological polar surface area (TPSA) is 95.9 Å². The molecule has 4 aromatic rings. The van der Waals surface area contributed by atoms with E-state index in [1.54, 1.807) is 0 Å². The molecule has 0 amide bonds. The van der Waals surface area contributed by atoms with E-state index in [0.29, 0.717) is 36.1 Å². The zero-order valence-corrected chi connectivity index (χ0v) is 26.3. The number of piperidine rings is 1. The van der Waals surface area contributed by atoms with Gasteiger partial charge in [-0.25, -0.2) is 18.2 Å². The Morgan fingerprint density at radius 1 is 1.10 bits per heavy atom. The van der Waals surface area contributed by atoms with Gasteiger partial charge >= 0.3 is 6.01 Å². The number of aromatic hydroxyl groups is 1. The van der Waals surface area contributed by atoms with Gasteiger partial charge in [0.05, 0.1) is 18.2 Å². The molecule has 1 saturated carbocycles. The van der Waals surface area contributed by atoms with Crippen LogP contribution >= 0.6 is 0 Å². The van der Waals surface area contributed by atoms with E-state index in [1.807, 2.05) is 4.90 Å². The van der Waals surface area contributed by atoms with Crippen LogP contribution in [0.25, 0.3) is 32.9 Å². The molecule has 0 spiro atoms. The number of nitrogens with one attached hydrogen (secondary N) is 1. The molecule has 4 fully saturated rings. The zero-order chi connectivity index (χ0) is 32.7. The molecule has 6 heterocycles. The first kappa shape index (κ1) is 29.8. The van der Waals surface area contributed by atoms with Gasteiger partial charge in [0.15, 0.2) is 12.1 Å². The largest absolute Gasteiger partial charge is 0.508 e. The minimum absolute atomic E-state index is 0.0175. The number of halogens is 3. The van der Waals surface area contributed by atoms with E-state index in [9.17, 15) is 13.9 Å². The number of piperazine rings is 1. The summed E-state index contributed by atoms with van der Waals surface area (Å²) in [6.45, 7) is 2.53. The lowest BCUT2D eigenvalue weighted by Crippen LogP contribution is -2.60. The van der Waals surface area contributed by atoms with Gasteiger partial charge in [0.25, 0.3) is 0 Å². The van der Waals surface area contributed by atoms with Crippen LogP contribution in [-0.4, -0.2) is 82.2 Å². The number of rotatable bonds is 6. The summed E-state index contributed by atoms with van der Waals surface area (Å²) in [4.78, 5) is 18.2. The highest BCUT2D eigenvalue weighted by molar-refractivity contribution is 6.04. The van der Waals surface area contributed by atoms with Gasteiger partial charge in [-0.15, -0.1) is 6.42 Å². The maximum atomic E-state index is 17.0. The van der Waals surface area contributed by atoms with Crippen LogP contribution in [0.3, 0.4) is 0 Å². The monoisotopic (exact) mass is 656 g/mol. The van der Waals surface area contributed by atoms with Crippen LogP contribution < -0.4 is 19.7 Å². The second-order valence-electron chi connectivity index (χ2n) is 14.1. The van der Waals surface area contributed by atoms with Crippen LogP contribution in [0.1, 0.15) is 50.5 Å². The van der Waals surface area contributed by atoms with Crippen LogP contribution in [0.15, 0.2) is 24.3 Å². The second kappa shape index (κ2) is 11.1. The smallest absolute Gasteiger partial charge is 0.319 e. The highest BCUT2D eigenvalue weighted by Crippen LogP contribution is 2.48. The van der Waals surface area contributed by atoms with Crippen molar-refractivity contribution in [1.29, 1.82) is 0 Å². The normalized spacial score (nSPS) is 25.8. The highest BCUT2D eigenvalue weighted by atomic mass is 19.1. The van der Waals surface area contributed by atoms with Crippen LogP contribution in [0.4, 0.5) is 19.0 Å². The van der Waals surface area contributed by atoms with Crippen molar-refractivity contribution in [3.63, 3.8) is 0 Å². The Bertz CT molecular complexity index is 2020. The number of aromatic nitrogens is 3. The molecule has 2 bridgehead atoms. The number of terminal acetylenes is 1. The average Bonchev–Trinajstić information content (AvgIpc) is 3.78. The zero-order valence-electron chi connectivity index (χ0n) is 26.3. The predicted molar refractivity (Wildman–Crippen MR) is 174 cm³/mol. The molecule has 5 aliphatic rings. The lowest BCUT2D eigenvalue weighted by Gasteiger charge is -2.40. The van der Waals surface area contributed by atoms with E-state index in [1.165, 1.54) is 24.3 Å². The fourth-order valence-electron chi connectivity index (χ4n) is 8.21. The van der Waals surface area contributed by atoms with Crippen LogP contribution in [0, 0.1) is 29.4 Å². The molecule has 0 unspecified atom stereocenters. The number of benzene rings is 2. The third kappa shape index (κ3) is 4.81. The third-order valence-electron chi connectivity index (χ3n) is 10.9. The molecule has 48 heavy (non-hydrogen) atoms. The average molecular weight is 657 g/mol. The Kier molecular flexibility index (Phi) is 6.89. The number of anilines is 1. The van der Waals surface area contributed by atoms with Gasteiger partial charge in [-0.1, -0.05) is 12.0 Å². The van der Waals surface area contributed by atoms with E-state index >= 15 is 4.39 Å². The van der Waals surface area contributed by atoms with Gasteiger partial charge in [-0.3, -0.25) is 4.90 Å². The molecule has 0 radical (unpaired) electrons. The number of fused-ring (bicyclic) bond motifs is 6. The summed E-state index contributed by atoms with van der Waals surface area (Å²) in [6, 6.07) is 5.80. The van der Waals surface area contributed by atoms with Gasteiger partial charge in [0.2, 0.25) is 5.88 Å². The number of alkyl halides is 1. The van der Waals surface area contributed by atoms with E-state index < -0.39 is 17.9 Å². The maximum absolute atomic E-state index is 17.0. The number of hydrogen-bond donors (Lipinski definition) is 2. The predicted octanol–water partition coefficient (Wildman–Crippen LogP) is 5.45. The number of hydrogen-bond acceptors (Lipinski definition) is 9. The quantitative estimate of drug-likeness (QED) is 0.208. The molecular weight excluding hydrogens is 621 g/mol. The minimum atomic E-state index is -0.947. The SMILES string of the molecule is C#Cc1c(F)ccc2cc(O)cc(-c3nc4c5c(nc(OCC6(CN7CCCC[C@H]7F)CC6)nc5c3F)N3C[C@H]5CC[C@H](N5)[C@H]3CO4)c12. The van der Waals surface area contributed by atoms with Crippen molar-refractivity contribution in [3.8, 4) is 41.2 Å². The fourth-order valence-corrected chi connectivity index (χ4v) is 8.21. The van der Waals surface area contributed by atoms with Crippen LogP contribution in [0.2, 0.25) is 0 Å². The lowest BCUT2D eigenvalue weighted by atomic mass is 9.95. The summed E-state index contributed by atoms with van der Waals surface area (Å²) in [5, 5.41) is 15.3. The number of phenolic OH excluding ortho intramolecular Hbond substituents is 1. The first-order valence-corrected chi connectivity index (χ1v) is 16.8. The number of ether oxygens (including phenoxy) is 2. The summed E-state index contributed by atoms with van der Waals surface area (Å²) < 4.78 is 59.4. The maximum Gasteiger partial charge on any atom is 0.319 e. The standard InChI is InChI=1S/C36H35F3N6O3/c1-2-22-24(37)8-6-19-13-21(46)14-23(28(19)22)31-30(39)32-29-33(45-15-20-7-9-25(40-20)26(45)16-47-34(29)41-31)43-35(42-32)48-18-36(10-11-36)17-44-12-4-3-5-27(44)38/h1,6,8,13-14,20,25-27,40,46H,3-5,7,9-12,15-18H2/t20-,25+,26-,27+/m1/s1. The van der Waals surface area contributed by atoms with E-state index in [2.05, 4.69) is 26.1 Å². The highest BCUT2D eigenvalue weighted by Gasteiger charge is 2.47. The Morgan fingerprint density at radius 3 is 2.79 bits per heavy atom. The van der Waals surface area contributed by atoms with Crippen molar-refractivity contribution in [1.82, 2.24) is 25.2 Å². The Balaban J connectivity index is 1.19. The van der Waals surface area contributed by atoms with Crippen molar-refractivity contribution < 1.29 is 27.8 Å². The summed E-state index contributed by atoms with van der Waals surface area (Å²) in [5.74, 6) is 1.41. The third-order valence-corrected chi connectivity index (χ3v) is 10.9. The number of nitrogens with zero attached hydrogens (tertiary/aromatic N) is 5. The molecule has 4 aliphatic heterocycles. The van der Waals surface area contributed by atoms with E-state index in [-0.39, 0.29) is 82.1 Å². The summed E-state index contributed by atoms with van der Waals surface area (Å²) in [6.07, 6.45) is 11.0. The molecule has 9 rings (SSSR count). The van der Waals surface area contributed by atoms with Crippen LogP contribution in [0.5, 0.6) is 17.6 Å². The van der Waals surface area contributed by atoms with Crippen molar-refractivity contribution in [2.45, 2.75) is 69.4 Å². The molecule has 9 nitrogen and oxygen atoms in total. The summed E-state index contributed by atoms with van der Waals surface area (Å²) >= 11 is 0. The molecule has 248 valence electrons. The Labute approximate surface area is 275 Å². The Hall–Kier alpha value is -4.34. The lowest BCUT2D eigenvalue weighted by molar-refractivity contribution is 0.0209. The summed E-state index contributed by atoms with van der Waals surface area (Å²) in [5.41, 5.74) is -0.408. The second-order valence-corrected chi connectivity index (χ2v) is 14.1. The molecule has 2 aromatic heterocycles. The summed E-state index contributed by atoms with van der Waals surface area (Å²) in [7, 11) is 0. The van der Waals surface area contributed by atoms with Crippen molar-refractivity contribution in [3.05, 3.63) is 41.5 Å². The molecule has 1 aliphatic carbocycles.